The fourth-order valence-corrected chi connectivity index (χ4v) is 4.81. The summed E-state index contributed by atoms with van der Waals surface area (Å²) in [4.78, 5) is 6.15. The van der Waals surface area contributed by atoms with Gasteiger partial charge in [-0.1, -0.05) is 60.6 Å². The van der Waals surface area contributed by atoms with Crippen LogP contribution >= 0.6 is 11.3 Å². The van der Waals surface area contributed by atoms with E-state index in [1.165, 1.54) is 21.7 Å². The Balaban J connectivity index is 2.39. The third-order valence-electron chi connectivity index (χ3n) is 5.00. The zero-order valence-electron chi connectivity index (χ0n) is 16.4. The number of benzene rings is 1. The highest BCUT2D eigenvalue weighted by molar-refractivity contribution is 7.09. The molecule has 1 unspecified atom stereocenters. The van der Waals surface area contributed by atoms with E-state index in [4.69, 9.17) is 4.98 Å². The van der Waals surface area contributed by atoms with Crippen LogP contribution in [-0.4, -0.2) is 4.98 Å². The normalized spacial score (nSPS) is 13.0. The van der Waals surface area contributed by atoms with Gasteiger partial charge in [-0.15, -0.1) is 11.3 Å². The fraction of sp³-hybridized carbons (Fsp3) is 0.591. The average molecular weight is 344 g/mol. The Labute approximate surface area is 152 Å². The average Bonchev–Trinajstić information content (AvgIpc) is 3.04. The molecule has 0 aliphatic heterocycles. The monoisotopic (exact) mass is 343 g/mol. The molecule has 0 amide bonds. The summed E-state index contributed by atoms with van der Waals surface area (Å²) in [5.41, 5.74) is 9.54. The lowest BCUT2D eigenvalue weighted by atomic mass is 9.83. The van der Waals surface area contributed by atoms with Crippen molar-refractivity contribution in [3.63, 3.8) is 0 Å². The molecule has 0 fully saturated rings. The van der Waals surface area contributed by atoms with E-state index in [0.717, 1.165) is 19.3 Å². The topological polar surface area (TPSA) is 12.9 Å². The van der Waals surface area contributed by atoms with E-state index >= 15 is 0 Å². The van der Waals surface area contributed by atoms with Crippen molar-refractivity contribution in [1.82, 2.24) is 4.98 Å². The summed E-state index contributed by atoms with van der Waals surface area (Å²) in [6.45, 7) is 16.1. The molecule has 0 N–H and O–H groups in total. The number of thiazole rings is 1. The van der Waals surface area contributed by atoms with Crippen LogP contribution in [0.15, 0.2) is 17.6 Å². The Morgan fingerprint density at radius 3 is 2.12 bits per heavy atom. The van der Waals surface area contributed by atoms with E-state index in [1.54, 1.807) is 11.1 Å². The van der Waals surface area contributed by atoms with Crippen LogP contribution in [0.2, 0.25) is 0 Å². The van der Waals surface area contributed by atoms with Gasteiger partial charge < -0.3 is 0 Å². The molecule has 2 heteroatoms. The minimum absolute atomic E-state index is 0.478. The minimum atomic E-state index is 0.478. The van der Waals surface area contributed by atoms with Crippen LogP contribution in [0.25, 0.3) is 0 Å². The van der Waals surface area contributed by atoms with E-state index in [2.05, 4.69) is 60.6 Å². The van der Waals surface area contributed by atoms with Crippen LogP contribution in [0.1, 0.15) is 99.0 Å². The highest BCUT2D eigenvalue weighted by Gasteiger charge is 2.20. The van der Waals surface area contributed by atoms with Crippen molar-refractivity contribution in [2.24, 2.45) is 0 Å². The second-order valence-electron chi connectivity index (χ2n) is 7.50. The van der Waals surface area contributed by atoms with Crippen LogP contribution in [0, 0.1) is 0 Å². The number of nitrogens with zero attached hydrogens (tertiary/aromatic N) is 1. The molecular weight excluding hydrogens is 310 g/mol. The summed E-state index contributed by atoms with van der Waals surface area (Å²) in [5, 5.41) is 0. The maximum absolute atomic E-state index is 4.70. The van der Waals surface area contributed by atoms with Crippen molar-refractivity contribution in [2.45, 2.75) is 85.5 Å². The van der Waals surface area contributed by atoms with Gasteiger partial charge in [0.25, 0.3) is 0 Å². The molecule has 0 spiro atoms. The van der Waals surface area contributed by atoms with Crippen LogP contribution in [0.3, 0.4) is 0 Å². The summed E-state index contributed by atoms with van der Waals surface area (Å²) < 4.78 is 0. The molecule has 0 saturated heterocycles. The third-order valence-corrected chi connectivity index (χ3v) is 6.14. The van der Waals surface area contributed by atoms with Crippen molar-refractivity contribution in [2.75, 3.05) is 0 Å². The molecule has 0 saturated carbocycles. The Kier molecular flexibility index (Phi) is 6.62. The first-order valence-corrected chi connectivity index (χ1v) is 10.3. The van der Waals surface area contributed by atoms with E-state index in [0.29, 0.717) is 17.8 Å². The molecule has 132 valence electrons. The highest BCUT2D eigenvalue weighted by Crippen LogP contribution is 2.34. The first kappa shape index (κ1) is 19.2. The molecule has 2 aromatic rings. The van der Waals surface area contributed by atoms with Crippen molar-refractivity contribution in [1.29, 1.82) is 0 Å². The molecule has 0 bridgehead atoms. The van der Waals surface area contributed by atoms with Gasteiger partial charge in [0, 0.05) is 10.8 Å². The molecule has 0 aliphatic rings. The predicted octanol–water partition coefficient (Wildman–Crippen LogP) is 6.86. The molecule has 0 aliphatic carbocycles. The van der Waals surface area contributed by atoms with Crippen molar-refractivity contribution < 1.29 is 0 Å². The molecule has 1 aromatic heterocycles. The summed E-state index contributed by atoms with van der Waals surface area (Å²) >= 11 is 1.81. The minimum Gasteiger partial charge on any atom is -0.249 e. The summed E-state index contributed by atoms with van der Waals surface area (Å²) in [6.07, 6.45) is 3.34. The van der Waals surface area contributed by atoms with Crippen molar-refractivity contribution in [3.05, 3.63) is 50.5 Å². The van der Waals surface area contributed by atoms with E-state index in [-0.39, 0.29) is 0 Å². The van der Waals surface area contributed by atoms with Gasteiger partial charge in [0.05, 0.1) is 11.2 Å². The van der Waals surface area contributed by atoms with E-state index < -0.39 is 0 Å². The largest absolute Gasteiger partial charge is 0.249 e. The van der Waals surface area contributed by atoms with Crippen molar-refractivity contribution in [3.8, 4) is 0 Å². The molecule has 24 heavy (non-hydrogen) atoms. The Bertz CT molecular complexity index is 667. The molecule has 1 aromatic carbocycles. The molecule has 1 nitrogen and oxygen atoms in total. The van der Waals surface area contributed by atoms with Gasteiger partial charge in [0.1, 0.15) is 0 Å². The number of aryl methyl sites for hydroxylation is 1. The highest BCUT2D eigenvalue weighted by atomic mass is 32.1. The molecule has 2 rings (SSSR count). The number of hydrogen-bond acceptors (Lipinski definition) is 2. The number of aromatic nitrogens is 1. The second-order valence-corrected chi connectivity index (χ2v) is 8.39. The smallest absolute Gasteiger partial charge is 0.0797 e. The quantitative estimate of drug-likeness (QED) is 0.535. The van der Waals surface area contributed by atoms with Gasteiger partial charge >= 0.3 is 0 Å². The van der Waals surface area contributed by atoms with E-state index in [1.807, 2.05) is 16.8 Å². The lowest BCUT2D eigenvalue weighted by Gasteiger charge is -2.22. The molecular formula is C22H33NS. The van der Waals surface area contributed by atoms with Gasteiger partial charge in [-0.05, 0) is 53.4 Å². The maximum Gasteiger partial charge on any atom is 0.0797 e. The first-order chi connectivity index (χ1) is 11.4. The molecule has 1 atom stereocenters. The lowest BCUT2D eigenvalue weighted by molar-refractivity contribution is 0.703. The van der Waals surface area contributed by atoms with Crippen LogP contribution < -0.4 is 0 Å². The fourth-order valence-electron chi connectivity index (χ4n) is 3.89. The Morgan fingerprint density at radius 2 is 1.58 bits per heavy atom. The van der Waals surface area contributed by atoms with Crippen LogP contribution in [-0.2, 0) is 19.3 Å². The van der Waals surface area contributed by atoms with Crippen molar-refractivity contribution >= 4 is 11.3 Å². The number of rotatable bonds is 7. The maximum atomic E-state index is 4.70. The summed E-state index contributed by atoms with van der Waals surface area (Å²) in [5.74, 6) is 1.64. The van der Waals surface area contributed by atoms with Gasteiger partial charge in [-0.3, -0.25) is 0 Å². The standard InChI is InChI=1S/C22H33NS/c1-8-17-10-11-18(19(9-2)20(17)14(3)4)12-16(7)21-22(15(5)6)24-13-23-21/h10-11,13-16H,8-9,12H2,1-7H3. The zero-order chi connectivity index (χ0) is 17.9. The van der Waals surface area contributed by atoms with Gasteiger partial charge in [-0.2, -0.15) is 0 Å². The molecule has 1 heterocycles. The van der Waals surface area contributed by atoms with Gasteiger partial charge in [0.2, 0.25) is 0 Å². The van der Waals surface area contributed by atoms with Gasteiger partial charge in [-0.25, -0.2) is 4.98 Å². The van der Waals surface area contributed by atoms with Crippen LogP contribution in [0.5, 0.6) is 0 Å². The van der Waals surface area contributed by atoms with Gasteiger partial charge in [0.15, 0.2) is 0 Å². The zero-order valence-corrected chi connectivity index (χ0v) is 17.3. The SMILES string of the molecule is CCc1ccc(CC(C)c2ncsc2C(C)C)c(CC)c1C(C)C. The Morgan fingerprint density at radius 1 is 0.917 bits per heavy atom. The molecule has 0 radical (unpaired) electrons. The lowest BCUT2D eigenvalue weighted by Crippen LogP contribution is -2.09. The third kappa shape index (κ3) is 3.91. The Hall–Kier alpha value is -1.15. The second kappa shape index (κ2) is 8.29. The first-order valence-electron chi connectivity index (χ1n) is 9.47. The summed E-state index contributed by atoms with van der Waals surface area (Å²) in [6, 6.07) is 4.74. The summed E-state index contributed by atoms with van der Waals surface area (Å²) in [7, 11) is 0. The van der Waals surface area contributed by atoms with Crippen LogP contribution in [0.4, 0.5) is 0 Å². The number of hydrogen-bond donors (Lipinski definition) is 0. The van der Waals surface area contributed by atoms with E-state index in [9.17, 15) is 0 Å². The predicted molar refractivity (Wildman–Crippen MR) is 108 cm³/mol.